The fraction of sp³-hybridized carbons (Fsp3) is 0.636. The summed E-state index contributed by atoms with van der Waals surface area (Å²) in [5, 5.41) is 8.27. The predicted molar refractivity (Wildman–Crippen MR) is 68.9 cm³/mol. The average Bonchev–Trinajstić information content (AvgIpc) is 2.18. The highest BCUT2D eigenvalue weighted by Gasteiger charge is 2.32. The maximum atomic E-state index is 6.06. The van der Waals surface area contributed by atoms with Gasteiger partial charge in [-0.2, -0.15) is 0 Å². The molecule has 0 radical (unpaired) electrons. The van der Waals surface area contributed by atoms with Gasteiger partial charge in [-0.3, -0.25) is 0 Å². The zero-order valence-electron chi connectivity index (χ0n) is 10.1. The van der Waals surface area contributed by atoms with Crippen LogP contribution in [0.4, 0.5) is 5.69 Å². The van der Waals surface area contributed by atoms with Crippen LogP contribution in [-0.2, 0) is 4.74 Å². The molecule has 94 valence electrons. The van der Waals surface area contributed by atoms with Crippen LogP contribution in [0.3, 0.4) is 0 Å². The Labute approximate surface area is 111 Å². The Morgan fingerprint density at radius 1 is 1.41 bits per heavy atom. The molecule has 0 N–H and O–H groups in total. The van der Waals surface area contributed by atoms with Crippen molar-refractivity contribution < 1.29 is 4.74 Å². The Morgan fingerprint density at radius 2 is 2.12 bits per heavy atom. The second-order valence-corrected chi connectivity index (χ2v) is 5.66. The molecule has 0 aromatic carbocycles. The van der Waals surface area contributed by atoms with Gasteiger partial charge in [-0.1, -0.05) is 23.2 Å². The molecule has 6 heteroatoms. The number of morpholine rings is 1. The highest BCUT2D eigenvalue weighted by Crippen LogP contribution is 2.30. The fourth-order valence-electron chi connectivity index (χ4n) is 2.20. The Balaban J connectivity index is 2.30. The molecule has 1 unspecified atom stereocenters. The largest absolute Gasteiger partial charge is 0.369 e. The maximum Gasteiger partial charge on any atom is 0.175 e. The van der Waals surface area contributed by atoms with Gasteiger partial charge < -0.3 is 9.64 Å². The Bertz CT molecular complexity index is 425. The molecule has 4 nitrogen and oxygen atoms in total. The first-order valence-electron chi connectivity index (χ1n) is 5.49. The van der Waals surface area contributed by atoms with Gasteiger partial charge in [0.1, 0.15) is 0 Å². The van der Waals surface area contributed by atoms with E-state index in [0.29, 0.717) is 10.3 Å². The number of hydrogen-bond acceptors (Lipinski definition) is 4. The smallest absolute Gasteiger partial charge is 0.175 e. The number of halogens is 2. The van der Waals surface area contributed by atoms with E-state index in [1.807, 2.05) is 6.92 Å². The van der Waals surface area contributed by atoms with Gasteiger partial charge in [0.05, 0.1) is 17.4 Å². The van der Waals surface area contributed by atoms with Crippen LogP contribution in [-0.4, -0.2) is 35.0 Å². The summed E-state index contributed by atoms with van der Waals surface area (Å²) in [5.74, 6) is 0. The Morgan fingerprint density at radius 3 is 2.76 bits per heavy atom. The van der Waals surface area contributed by atoms with Gasteiger partial charge in [-0.15, -0.1) is 10.2 Å². The van der Waals surface area contributed by atoms with E-state index in [-0.39, 0.29) is 11.7 Å². The predicted octanol–water partition coefficient (Wildman–Crippen LogP) is 2.79. The summed E-state index contributed by atoms with van der Waals surface area (Å²) in [6.07, 6.45) is 0.141. The summed E-state index contributed by atoms with van der Waals surface area (Å²) in [7, 11) is 0. The molecular weight excluding hydrogens is 261 g/mol. The number of aromatic nitrogens is 2. The molecule has 1 atom stereocenters. The molecule has 1 aromatic rings. The summed E-state index contributed by atoms with van der Waals surface area (Å²) < 4.78 is 5.84. The van der Waals surface area contributed by atoms with Crippen molar-refractivity contribution in [3.8, 4) is 0 Å². The first-order chi connectivity index (χ1) is 7.87. The van der Waals surface area contributed by atoms with Crippen molar-refractivity contribution in [2.75, 3.05) is 18.0 Å². The molecule has 0 amide bonds. The topological polar surface area (TPSA) is 38.2 Å². The molecule has 17 heavy (non-hydrogen) atoms. The van der Waals surface area contributed by atoms with Crippen LogP contribution in [0.2, 0.25) is 10.3 Å². The van der Waals surface area contributed by atoms with Gasteiger partial charge in [0.2, 0.25) is 0 Å². The molecule has 0 saturated carbocycles. The highest BCUT2D eigenvalue weighted by molar-refractivity contribution is 6.33. The molecule has 0 aliphatic carbocycles. The minimum absolute atomic E-state index is 0.141. The van der Waals surface area contributed by atoms with Gasteiger partial charge in [0.15, 0.2) is 10.3 Å². The van der Waals surface area contributed by atoms with Gasteiger partial charge in [0, 0.05) is 19.2 Å². The van der Waals surface area contributed by atoms with E-state index >= 15 is 0 Å². The van der Waals surface area contributed by atoms with E-state index in [0.717, 1.165) is 18.8 Å². The van der Waals surface area contributed by atoms with E-state index in [9.17, 15) is 0 Å². The van der Waals surface area contributed by atoms with Crippen LogP contribution in [0.5, 0.6) is 0 Å². The second-order valence-electron chi connectivity index (χ2n) is 4.91. The molecule has 0 bridgehead atoms. The van der Waals surface area contributed by atoms with Crippen LogP contribution in [0.25, 0.3) is 0 Å². The molecular formula is C11H15Cl2N3O. The lowest BCUT2D eigenvalue weighted by Gasteiger charge is -2.42. The third kappa shape index (κ3) is 3.00. The lowest BCUT2D eigenvalue weighted by atomic mass is 10.1. The fourth-order valence-corrected chi connectivity index (χ4v) is 2.56. The number of ether oxygens (including phenoxy) is 1. The first-order valence-corrected chi connectivity index (χ1v) is 6.24. The first kappa shape index (κ1) is 12.9. The molecule has 2 heterocycles. The quantitative estimate of drug-likeness (QED) is 0.790. The zero-order valence-corrected chi connectivity index (χ0v) is 11.6. The lowest BCUT2D eigenvalue weighted by Crippen LogP contribution is -2.52. The van der Waals surface area contributed by atoms with Gasteiger partial charge in [0.25, 0.3) is 0 Å². The van der Waals surface area contributed by atoms with E-state index in [4.69, 9.17) is 27.9 Å². The average molecular weight is 276 g/mol. The highest BCUT2D eigenvalue weighted by atomic mass is 35.5. The third-order valence-corrected chi connectivity index (χ3v) is 3.06. The van der Waals surface area contributed by atoms with Crippen LogP contribution < -0.4 is 4.90 Å². The minimum Gasteiger partial charge on any atom is -0.369 e. The molecule has 1 aromatic heterocycles. The van der Waals surface area contributed by atoms with E-state index in [1.165, 1.54) is 0 Å². The Hall–Kier alpha value is -0.580. The van der Waals surface area contributed by atoms with Crippen LogP contribution >= 0.6 is 23.2 Å². The zero-order chi connectivity index (χ0) is 12.6. The molecule has 1 aliphatic heterocycles. The van der Waals surface area contributed by atoms with Crippen molar-refractivity contribution in [3.05, 3.63) is 16.4 Å². The lowest BCUT2D eigenvalue weighted by molar-refractivity contribution is -0.0749. The molecule has 2 rings (SSSR count). The minimum atomic E-state index is -0.212. The third-order valence-electron chi connectivity index (χ3n) is 2.61. The molecule has 1 aliphatic rings. The second kappa shape index (κ2) is 4.59. The van der Waals surface area contributed by atoms with Gasteiger partial charge in [-0.05, 0) is 20.8 Å². The SMILES string of the molecule is CC1CN(c2cc(Cl)nnc2Cl)CC(C)(C)O1. The summed E-state index contributed by atoms with van der Waals surface area (Å²) in [5.41, 5.74) is 0.603. The maximum absolute atomic E-state index is 6.06. The summed E-state index contributed by atoms with van der Waals surface area (Å²) in [6.45, 7) is 7.67. The normalized spacial score (nSPS) is 23.8. The molecule has 1 saturated heterocycles. The van der Waals surface area contributed by atoms with Crippen molar-refractivity contribution in [2.24, 2.45) is 0 Å². The Kier molecular flexibility index (Phi) is 3.48. The van der Waals surface area contributed by atoms with Crippen molar-refractivity contribution in [1.29, 1.82) is 0 Å². The summed E-state index contributed by atoms with van der Waals surface area (Å²) in [4.78, 5) is 2.14. The number of hydrogen-bond donors (Lipinski definition) is 0. The molecule has 0 spiro atoms. The van der Waals surface area contributed by atoms with E-state index in [1.54, 1.807) is 6.07 Å². The standard InChI is InChI=1S/C11H15Cl2N3O/c1-7-5-16(6-11(2,3)17-7)8-4-9(12)14-15-10(8)13/h4,7H,5-6H2,1-3H3. The van der Waals surface area contributed by atoms with Crippen molar-refractivity contribution in [1.82, 2.24) is 10.2 Å². The molecule has 1 fully saturated rings. The van der Waals surface area contributed by atoms with Crippen LogP contribution in [0.15, 0.2) is 6.07 Å². The van der Waals surface area contributed by atoms with Gasteiger partial charge in [-0.25, -0.2) is 0 Å². The van der Waals surface area contributed by atoms with Crippen LogP contribution in [0.1, 0.15) is 20.8 Å². The van der Waals surface area contributed by atoms with Crippen LogP contribution in [0, 0.1) is 0 Å². The number of rotatable bonds is 1. The summed E-state index contributed by atoms with van der Waals surface area (Å²) in [6, 6.07) is 1.74. The monoisotopic (exact) mass is 275 g/mol. The summed E-state index contributed by atoms with van der Waals surface area (Å²) >= 11 is 11.9. The van der Waals surface area contributed by atoms with Crippen molar-refractivity contribution in [2.45, 2.75) is 32.5 Å². The van der Waals surface area contributed by atoms with Crippen molar-refractivity contribution >= 4 is 28.9 Å². The number of anilines is 1. The van der Waals surface area contributed by atoms with Gasteiger partial charge >= 0.3 is 0 Å². The number of nitrogens with zero attached hydrogens (tertiary/aromatic N) is 3. The van der Waals surface area contributed by atoms with Crippen molar-refractivity contribution in [3.63, 3.8) is 0 Å². The van der Waals surface area contributed by atoms with E-state index < -0.39 is 0 Å². The van der Waals surface area contributed by atoms with E-state index in [2.05, 4.69) is 28.9 Å².